The summed E-state index contributed by atoms with van der Waals surface area (Å²) in [6, 6.07) is 18.4. The molecule has 0 radical (unpaired) electrons. The predicted molar refractivity (Wildman–Crippen MR) is 104 cm³/mol. The normalized spacial score (nSPS) is 18.5. The Morgan fingerprint density at radius 3 is 2.73 bits per heavy atom. The highest BCUT2D eigenvalue weighted by Crippen LogP contribution is 2.26. The third-order valence-corrected chi connectivity index (χ3v) is 4.71. The molecule has 0 spiro atoms. The fraction of sp³-hybridized carbons (Fsp3) is 0.174. The maximum absolute atomic E-state index is 11.9. The van der Waals surface area contributed by atoms with Crippen LogP contribution >= 0.6 is 0 Å². The lowest BCUT2D eigenvalue weighted by Gasteiger charge is -2.18. The molecular weight excluding hydrogens is 322 g/mol. The van der Waals surface area contributed by atoms with Gasteiger partial charge in [0.15, 0.2) is 0 Å². The van der Waals surface area contributed by atoms with Crippen molar-refractivity contribution in [2.75, 3.05) is 6.61 Å². The van der Waals surface area contributed by atoms with Gasteiger partial charge in [0, 0.05) is 6.08 Å². The van der Waals surface area contributed by atoms with E-state index in [4.69, 9.17) is 4.74 Å². The minimum Gasteiger partial charge on any atom is -0.491 e. The highest BCUT2D eigenvalue weighted by molar-refractivity contribution is 5.91. The zero-order valence-electron chi connectivity index (χ0n) is 14.5. The average molecular weight is 343 g/mol. The Morgan fingerprint density at radius 1 is 1.04 bits per heavy atom. The molecule has 1 N–H and O–H groups in total. The van der Waals surface area contributed by atoms with Crippen LogP contribution in [-0.4, -0.2) is 18.6 Å². The third-order valence-electron chi connectivity index (χ3n) is 4.71. The Hall–Kier alpha value is -3.07. The van der Waals surface area contributed by atoms with E-state index >= 15 is 0 Å². The number of fused-ring (bicyclic) bond motifs is 1. The Labute approximate surface area is 153 Å². The smallest absolute Gasteiger partial charge is 0.248 e. The van der Waals surface area contributed by atoms with Crippen LogP contribution in [0.15, 0.2) is 78.6 Å². The lowest BCUT2D eigenvalue weighted by Crippen LogP contribution is -2.31. The van der Waals surface area contributed by atoms with Crippen molar-refractivity contribution in [1.82, 2.24) is 5.32 Å². The number of nitrogens with one attached hydrogen (secondary N) is 1. The van der Waals surface area contributed by atoms with Crippen LogP contribution < -0.4 is 5.32 Å². The topological polar surface area (TPSA) is 38.3 Å². The van der Waals surface area contributed by atoms with Gasteiger partial charge in [0.2, 0.25) is 5.91 Å². The fourth-order valence-corrected chi connectivity index (χ4v) is 3.41. The van der Waals surface area contributed by atoms with Crippen LogP contribution in [0.5, 0.6) is 0 Å². The van der Waals surface area contributed by atoms with Gasteiger partial charge >= 0.3 is 0 Å². The van der Waals surface area contributed by atoms with E-state index < -0.39 is 0 Å². The van der Waals surface area contributed by atoms with Crippen LogP contribution in [0.25, 0.3) is 11.6 Å². The molecule has 0 aromatic heterocycles. The largest absolute Gasteiger partial charge is 0.491 e. The number of hydrogen-bond acceptors (Lipinski definition) is 2. The second-order valence-corrected chi connectivity index (χ2v) is 6.54. The van der Waals surface area contributed by atoms with Gasteiger partial charge in [0.25, 0.3) is 0 Å². The molecule has 0 saturated carbocycles. The van der Waals surface area contributed by atoms with Crippen LogP contribution in [0.3, 0.4) is 0 Å². The molecule has 4 rings (SSSR count). The first-order valence-electron chi connectivity index (χ1n) is 8.93. The summed E-state index contributed by atoms with van der Waals surface area (Å²) in [6.07, 6.45) is 9.70. The number of rotatable bonds is 5. The first-order chi connectivity index (χ1) is 12.8. The molecule has 2 aliphatic rings. The lowest BCUT2D eigenvalue weighted by molar-refractivity contribution is -0.116. The van der Waals surface area contributed by atoms with E-state index in [0.29, 0.717) is 6.61 Å². The van der Waals surface area contributed by atoms with Crippen molar-refractivity contribution in [2.24, 2.45) is 0 Å². The van der Waals surface area contributed by atoms with Gasteiger partial charge in [-0.2, -0.15) is 0 Å². The number of hydrogen-bond donors (Lipinski definition) is 1. The molecule has 1 amide bonds. The average Bonchev–Trinajstić information content (AvgIpc) is 2.88. The standard InChI is InChI=1S/C23H21NO2/c25-23-15-22(21(24-23)14-17-8-2-1-3-9-17)26-16-19-12-5-4-10-18-11-6-7-13-20(18)19/h1-4,6-13,15,21H,5,14,16H2,(H,24,25)/t21-/m0/s1. The lowest BCUT2D eigenvalue weighted by atomic mass is 10.0. The van der Waals surface area contributed by atoms with Gasteiger partial charge in [-0.25, -0.2) is 0 Å². The number of carbonyl (C=O) groups excluding carboxylic acids is 1. The fourth-order valence-electron chi connectivity index (χ4n) is 3.41. The molecule has 0 bridgehead atoms. The zero-order valence-corrected chi connectivity index (χ0v) is 14.5. The number of allylic oxidation sites excluding steroid dienone is 2. The van der Waals surface area contributed by atoms with Gasteiger partial charge < -0.3 is 10.1 Å². The van der Waals surface area contributed by atoms with E-state index in [-0.39, 0.29) is 11.9 Å². The summed E-state index contributed by atoms with van der Waals surface area (Å²) in [4.78, 5) is 11.9. The third kappa shape index (κ3) is 3.62. The van der Waals surface area contributed by atoms with Crippen molar-refractivity contribution in [3.63, 3.8) is 0 Å². The van der Waals surface area contributed by atoms with Crippen LogP contribution in [0.4, 0.5) is 0 Å². The highest BCUT2D eigenvalue weighted by Gasteiger charge is 2.26. The first-order valence-corrected chi connectivity index (χ1v) is 8.93. The van der Waals surface area contributed by atoms with E-state index in [0.717, 1.165) is 24.2 Å². The summed E-state index contributed by atoms with van der Waals surface area (Å²) in [5, 5.41) is 2.98. The molecule has 2 aromatic carbocycles. The van der Waals surface area contributed by atoms with Gasteiger partial charge in [-0.1, -0.05) is 72.8 Å². The van der Waals surface area contributed by atoms with Crippen molar-refractivity contribution >= 4 is 17.6 Å². The van der Waals surface area contributed by atoms with Gasteiger partial charge in [-0.3, -0.25) is 4.79 Å². The van der Waals surface area contributed by atoms with E-state index in [1.807, 2.05) is 30.3 Å². The monoisotopic (exact) mass is 343 g/mol. The van der Waals surface area contributed by atoms with E-state index in [9.17, 15) is 4.79 Å². The van der Waals surface area contributed by atoms with Gasteiger partial charge in [-0.05, 0) is 35.1 Å². The van der Waals surface area contributed by atoms with Gasteiger partial charge in [0.05, 0.1) is 6.04 Å². The van der Waals surface area contributed by atoms with Crippen LogP contribution in [0, 0.1) is 0 Å². The second-order valence-electron chi connectivity index (χ2n) is 6.54. The highest BCUT2D eigenvalue weighted by atomic mass is 16.5. The summed E-state index contributed by atoms with van der Waals surface area (Å²) >= 11 is 0. The van der Waals surface area contributed by atoms with Crippen molar-refractivity contribution in [1.29, 1.82) is 0 Å². The maximum Gasteiger partial charge on any atom is 0.248 e. The van der Waals surface area contributed by atoms with E-state index in [1.165, 1.54) is 16.7 Å². The molecule has 3 nitrogen and oxygen atoms in total. The molecule has 3 heteroatoms. The van der Waals surface area contributed by atoms with Gasteiger partial charge in [-0.15, -0.1) is 0 Å². The van der Waals surface area contributed by atoms with Crippen LogP contribution in [-0.2, 0) is 16.0 Å². The SMILES string of the molecule is O=C1C=C(OCC2=CCC=Cc3ccccc32)[C@H](Cc2ccccc2)N1. The Kier molecular flexibility index (Phi) is 4.69. The second kappa shape index (κ2) is 7.44. The Bertz CT molecular complexity index is 893. The number of ether oxygens (including phenoxy) is 1. The predicted octanol–water partition coefficient (Wildman–Crippen LogP) is 4.13. The summed E-state index contributed by atoms with van der Waals surface area (Å²) in [6.45, 7) is 0.463. The van der Waals surface area contributed by atoms with Crippen LogP contribution in [0.2, 0.25) is 0 Å². The summed E-state index contributed by atoms with van der Waals surface area (Å²) in [5.41, 5.74) is 4.73. The van der Waals surface area contributed by atoms with E-state index in [1.54, 1.807) is 6.08 Å². The first kappa shape index (κ1) is 16.4. The van der Waals surface area contributed by atoms with Crippen LogP contribution in [0.1, 0.15) is 23.1 Å². The molecular formula is C23H21NO2. The molecule has 1 heterocycles. The Morgan fingerprint density at radius 2 is 1.85 bits per heavy atom. The number of benzene rings is 2. The molecule has 1 aliphatic heterocycles. The summed E-state index contributed by atoms with van der Waals surface area (Å²) in [7, 11) is 0. The molecule has 26 heavy (non-hydrogen) atoms. The van der Waals surface area contributed by atoms with E-state index in [2.05, 4.69) is 47.8 Å². The molecule has 1 aliphatic carbocycles. The Balaban J connectivity index is 1.48. The zero-order chi connectivity index (χ0) is 17.8. The van der Waals surface area contributed by atoms with Gasteiger partial charge in [0.1, 0.15) is 12.4 Å². The van der Waals surface area contributed by atoms with Crippen molar-refractivity contribution in [2.45, 2.75) is 18.9 Å². The summed E-state index contributed by atoms with van der Waals surface area (Å²) in [5.74, 6) is 0.632. The summed E-state index contributed by atoms with van der Waals surface area (Å²) < 4.78 is 6.09. The molecule has 0 fully saturated rings. The molecule has 0 saturated heterocycles. The molecule has 2 aromatic rings. The molecule has 1 atom stereocenters. The minimum absolute atomic E-state index is 0.0853. The number of amides is 1. The maximum atomic E-state index is 11.9. The molecule has 0 unspecified atom stereocenters. The van der Waals surface area contributed by atoms with Crippen molar-refractivity contribution in [3.05, 3.63) is 95.3 Å². The van der Waals surface area contributed by atoms with Crippen molar-refractivity contribution in [3.8, 4) is 0 Å². The van der Waals surface area contributed by atoms with Crippen molar-refractivity contribution < 1.29 is 9.53 Å². The number of carbonyl (C=O) groups is 1. The minimum atomic E-state index is -0.107. The molecule has 130 valence electrons. The quantitative estimate of drug-likeness (QED) is 0.886.